The summed E-state index contributed by atoms with van der Waals surface area (Å²) in [6.07, 6.45) is -53.1. The lowest BCUT2D eigenvalue weighted by molar-refractivity contribution is -0.392. The number of ether oxygens (including phenoxy) is 11. The highest BCUT2D eigenvalue weighted by Crippen LogP contribution is 2.36. The van der Waals surface area contributed by atoms with Gasteiger partial charge in [-0.1, -0.05) is 0 Å². The van der Waals surface area contributed by atoms with E-state index < -0.39 is 218 Å². The maximum absolute atomic E-state index is 11.2. The maximum atomic E-state index is 11.2. The Balaban J connectivity index is 1.05. The SMILES string of the molecule is OC[C@H]1O[C@@H](O[C@@H]2CO[C@@H](O[C@H]3[C@H](O)[C@H](O)[C@H](O[C@H]4[C@H](O)[C@H](O)[C@H](O[C@H]5[C@H](O)[C@H](O)[C@H](O[C@H]6[C@H](O)[C@H](O)[C@@H](O)O[C@@H]6CO)O[C@@H]5CO)O[C@@H]4CO)O[C@@H]3CO)[C@@H](O)[C@H]2O)[C@@H](O)[C@@H](O)[C@@H]1O. The first-order valence-electron chi connectivity index (χ1n) is 20.6. The lowest BCUT2D eigenvalue weighted by atomic mass is 9.95. The number of aliphatic hydroxyl groups is 19. The zero-order valence-corrected chi connectivity index (χ0v) is 34.0. The van der Waals surface area contributed by atoms with Gasteiger partial charge >= 0.3 is 0 Å². The molecule has 0 spiro atoms. The van der Waals surface area contributed by atoms with Crippen molar-refractivity contribution in [3.8, 4) is 0 Å². The van der Waals surface area contributed by atoms with E-state index in [2.05, 4.69) is 0 Å². The highest BCUT2D eigenvalue weighted by atomic mass is 16.8. The van der Waals surface area contributed by atoms with Crippen molar-refractivity contribution in [2.24, 2.45) is 0 Å². The van der Waals surface area contributed by atoms with Gasteiger partial charge in [0.2, 0.25) is 0 Å². The van der Waals surface area contributed by atoms with E-state index in [4.69, 9.17) is 52.1 Å². The molecular formula is C35H60O30. The second kappa shape index (κ2) is 22.7. The summed E-state index contributed by atoms with van der Waals surface area (Å²) in [7, 11) is 0. The van der Waals surface area contributed by atoms with Gasteiger partial charge in [0.05, 0.1) is 39.6 Å². The molecule has 30 heteroatoms. The summed E-state index contributed by atoms with van der Waals surface area (Å²) in [6, 6.07) is 0. The van der Waals surface area contributed by atoms with Gasteiger partial charge in [-0.2, -0.15) is 0 Å². The molecule has 0 unspecified atom stereocenters. The molecule has 29 atom stereocenters. The minimum atomic E-state index is -2.14. The standard InChI is InChI=1S/C35H60O30/c36-1-7-13(41)15(43)22(50)32(57-7)61-12-6-55-31(21(49)14(12)42)62-27-9(3-38)58-34(23(51)17(27)45)64-29-11(5-40)60-35(25(53)19(29)47)65-28-10(4-39)59-33(24(52)18(28)46)63-26-8(2-37)56-30(54)20(48)16(26)44/h7-54H,1-6H2/t7-,8-,9-,10-,11-,12-,13-,14+,15+,16-,17-,18-,19-,20+,21+,22+,23+,24+,25+,26-,27-,28-,29-,30+,31+,32+,33+,34+,35+/m1/s1. The van der Waals surface area contributed by atoms with Crippen LogP contribution in [0.3, 0.4) is 0 Å². The predicted molar refractivity (Wildman–Crippen MR) is 193 cm³/mol. The molecule has 0 aromatic carbocycles. The Bertz CT molecular complexity index is 1450. The molecule has 6 aliphatic heterocycles. The molecule has 65 heavy (non-hydrogen) atoms. The van der Waals surface area contributed by atoms with Crippen LogP contribution >= 0.6 is 0 Å². The fourth-order valence-electron chi connectivity index (χ4n) is 8.21. The van der Waals surface area contributed by atoms with Crippen LogP contribution in [-0.2, 0) is 52.1 Å². The minimum absolute atomic E-state index is 0.594. The third-order valence-electron chi connectivity index (χ3n) is 12.1. The zero-order chi connectivity index (χ0) is 47.8. The van der Waals surface area contributed by atoms with Crippen molar-refractivity contribution in [3.05, 3.63) is 0 Å². The van der Waals surface area contributed by atoms with Crippen LogP contribution < -0.4 is 0 Å². The molecule has 380 valence electrons. The maximum Gasteiger partial charge on any atom is 0.187 e. The zero-order valence-electron chi connectivity index (χ0n) is 34.0. The molecule has 6 heterocycles. The summed E-state index contributed by atoms with van der Waals surface area (Å²) in [5.74, 6) is 0. The molecule has 6 aliphatic rings. The molecule has 0 aromatic heterocycles. The summed E-state index contributed by atoms with van der Waals surface area (Å²) in [5, 5.41) is 198. The Morgan fingerprint density at radius 1 is 0.292 bits per heavy atom. The van der Waals surface area contributed by atoms with Crippen LogP contribution in [0.4, 0.5) is 0 Å². The van der Waals surface area contributed by atoms with Gasteiger partial charge in [-0.25, -0.2) is 0 Å². The van der Waals surface area contributed by atoms with E-state index in [1.807, 2.05) is 0 Å². The van der Waals surface area contributed by atoms with Crippen molar-refractivity contribution in [2.45, 2.75) is 178 Å². The molecule has 0 amide bonds. The molecule has 6 saturated heterocycles. The average molecular weight is 961 g/mol. The highest BCUT2D eigenvalue weighted by Gasteiger charge is 2.56. The quantitative estimate of drug-likeness (QED) is 0.0724. The Morgan fingerprint density at radius 2 is 0.600 bits per heavy atom. The van der Waals surface area contributed by atoms with Crippen molar-refractivity contribution in [2.75, 3.05) is 39.6 Å². The molecule has 0 aliphatic carbocycles. The summed E-state index contributed by atoms with van der Waals surface area (Å²) in [5.41, 5.74) is 0. The number of rotatable bonds is 15. The normalized spacial score (nSPS) is 53.5. The summed E-state index contributed by atoms with van der Waals surface area (Å²) in [4.78, 5) is 0. The van der Waals surface area contributed by atoms with Gasteiger partial charge in [-0.3, -0.25) is 0 Å². The molecule has 0 bridgehead atoms. The minimum Gasteiger partial charge on any atom is -0.394 e. The van der Waals surface area contributed by atoms with Gasteiger partial charge in [-0.05, 0) is 0 Å². The third kappa shape index (κ3) is 10.9. The summed E-state index contributed by atoms with van der Waals surface area (Å²) < 4.78 is 60.3. The van der Waals surface area contributed by atoms with Crippen LogP contribution in [-0.4, -0.2) is 315 Å². The first-order valence-corrected chi connectivity index (χ1v) is 20.6. The van der Waals surface area contributed by atoms with Crippen molar-refractivity contribution < 1.29 is 149 Å². The molecule has 30 nitrogen and oxygen atoms in total. The van der Waals surface area contributed by atoms with Gasteiger partial charge < -0.3 is 149 Å². The van der Waals surface area contributed by atoms with E-state index in [0.29, 0.717) is 0 Å². The van der Waals surface area contributed by atoms with E-state index >= 15 is 0 Å². The number of hydrogen-bond acceptors (Lipinski definition) is 30. The first-order chi connectivity index (χ1) is 30.8. The molecule has 0 radical (unpaired) electrons. The van der Waals surface area contributed by atoms with Crippen molar-refractivity contribution in [1.82, 2.24) is 0 Å². The smallest absolute Gasteiger partial charge is 0.187 e. The largest absolute Gasteiger partial charge is 0.394 e. The molecular weight excluding hydrogens is 900 g/mol. The fourth-order valence-corrected chi connectivity index (χ4v) is 8.21. The molecule has 19 N–H and O–H groups in total. The lowest BCUT2D eigenvalue weighted by Gasteiger charge is -2.49. The van der Waals surface area contributed by atoms with Crippen LogP contribution in [0.25, 0.3) is 0 Å². The molecule has 0 aromatic rings. The van der Waals surface area contributed by atoms with Crippen LogP contribution in [0.5, 0.6) is 0 Å². The molecule has 6 rings (SSSR count). The van der Waals surface area contributed by atoms with Crippen LogP contribution in [0.1, 0.15) is 0 Å². The van der Waals surface area contributed by atoms with Gasteiger partial charge in [0.1, 0.15) is 140 Å². The Kier molecular flexibility index (Phi) is 18.6. The van der Waals surface area contributed by atoms with E-state index in [0.717, 1.165) is 0 Å². The predicted octanol–water partition coefficient (Wildman–Crippen LogP) is -13.5. The summed E-state index contributed by atoms with van der Waals surface area (Å²) >= 11 is 0. The van der Waals surface area contributed by atoms with Gasteiger partial charge in [0.25, 0.3) is 0 Å². The van der Waals surface area contributed by atoms with Crippen molar-refractivity contribution >= 4 is 0 Å². The van der Waals surface area contributed by atoms with E-state index in [1.54, 1.807) is 0 Å². The van der Waals surface area contributed by atoms with Crippen LogP contribution in [0.15, 0.2) is 0 Å². The van der Waals surface area contributed by atoms with Gasteiger partial charge in [0.15, 0.2) is 37.7 Å². The van der Waals surface area contributed by atoms with Crippen LogP contribution in [0.2, 0.25) is 0 Å². The number of aliphatic hydroxyl groups excluding tert-OH is 19. The second-order valence-corrected chi connectivity index (χ2v) is 16.3. The Morgan fingerprint density at radius 3 is 1.00 bits per heavy atom. The first kappa shape index (κ1) is 53.2. The molecule has 6 fully saturated rings. The van der Waals surface area contributed by atoms with Gasteiger partial charge in [0, 0.05) is 0 Å². The van der Waals surface area contributed by atoms with Gasteiger partial charge in [-0.15, -0.1) is 0 Å². The Labute approximate surface area is 366 Å². The Hall–Kier alpha value is -1.20. The van der Waals surface area contributed by atoms with E-state index in [9.17, 15) is 97.0 Å². The topological polar surface area (TPSA) is 486 Å². The highest BCUT2D eigenvalue weighted by molar-refractivity contribution is 4.99. The summed E-state index contributed by atoms with van der Waals surface area (Å²) in [6.45, 7) is -5.15. The lowest BCUT2D eigenvalue weighted by Crippen LogP contribution is -2.68. The van der Waals surface area contributed by atoms with E-state index in [-0.39, 0.29) is 0 Å². The monoisotopic (exact) mass is 960 g/mol. The van der Waals surface area contributed by atoms with Crippen molar-refractivity contribution in [1.29, 1.82) is 0 Å². The second-order valence-electron chi connectivity index (χ2n) is 16.3. The number of hydrogen-bond donors (Lipinski definition) is 19. The third-order valence-corrected chi connectivity index (χ3v) is 12.1. The molecule has 0 saturated carbocycles. The average Bonchev–Trinajstić information content (AvgIpc) is 3.30. The fraction of sp³-hybridized carbons (Fsp3) is 1.00. The van der Waals surface area contributed by atoms with Crippen LogP contribution in [0, 0.1) is 0 Å². The van der Waals surface area contributed by atoms with E-state index in [1.165, 1.54) is 0 Å². The van der Waals surface area contributed by atoms with Crippen molar-refractivity contribution in [3.63, 3.8) is 0 Å².